The Bertz CT molecular complexity index is 1360. The minimum absolute atomic E-state index is 0.0174. The third kappa shape index (κ3) is 4.28. The quantitative estimate of drug-likeness (QED) is 0.511. The summed E-state index contributed by atoms with van der Waals surface area (Å²) in [6, 6.07) is 8.07. The number of fused-ring (bicyclic) bond motifs is 1. The van der Waals surface area contributed by atoms with E-state index in [-0.39, 0.29) is 37.8 Å². The van der Waals surface area contributed by atoms with E-state index in [1.165, 1.54) is 12.1 Å². The molecule has 1 aromatic carbocycles. The van der Waals surface area contributed by atoms with Gasteiger partial charge in [-0.15, -0.1) is 0 Å². The number of carbonyl (C=O) groups excluding carboxylic acids is 1. The molecule has 0 aliphatic carbocycles. The highest BCUT2D eigenvalue weighted by Crippen LogP contribution is 2.36. The van der Waals surface area contributed by atoms with Gasteiger partial charge in [-0.1, -0.05) is 6.08 Å². The van der Waals surface area contributed by atoms with Crippen LogP contribution >= 0.6 is 0 Å². The summed E-state index contributed by atoms with van der Waals surface area (Å²) in [5.74, 6) is -1.03. The molecule has 0 radical (unpaired) electrons. The van der Waals surface area contributed by atoms with E-state index in [1.807, 2.05) is 18.2 Å². The van der Waals surface area contributed by atoms with Crippen LogP contribution < -0.4 is 4.74 Å². The van der Waals surface area contributed by atoms with Crippen molar-refractivity contribution in [2.24, 2.45) is 0 Å². The number of H-pyrrole nitrogens is 1. The summed E-state index contributed by atoms with van der Waals surface area (Å²) in [6.07, 6.45) is 4.32. The number of urea groups is 1. The number of ether oxygens (including phenoxy) is 1. The van der Waals surface area contributed by atoms with Crippen LogP contribution in [0.1, 0.15) is 25.0 Å². The molecule has 2 aliphatic rings. The Balaban J connectivity index is 1.34. The Kier molecular flexibility index (Phi) is 6.13. The number of halogens is 1. The van der Waals surface area contributed by atoms with Crippen LogP contribution in [-0.2, 0) is 4.79 Å². The maximum atomic E-state index is 14.0. The molecule has 0 unspecified atom stereocenters. The van der Waals surface area contributed by atoms with E-state index < -0.39 is 11.6 Å². The average Bonchev–Trinajstić information content (AvgIpc) is 3.33. The highest BCUT2D eigenvalue weighted by molar-refractivity contribution is 5.96. The molecule has 0 bridgehead atoms. The van der Waals surface area contributed by atoms with Gasteiger partial charge in [0.25, 0.3) is 0 Å². The number of carbonyl (C=O) groups is 2. The van der Waals surface area contributed by atoms with E-state index in [2.05, 4.69) is 9.97 Å². The first-order chi connectivity index (χ1) is 17.3. The largest absolute Gasteiger partial charge is 0.496 e. The first kappa shape index (κ1) is 23.8. The summed E-state index contributed by atoms with van der Waals surface area (Å²) >= 11 is 0. The minimum atomic E-state index is -1.76. The molecule has 0 spiro atoms. The van der Waals surface area contributed by atoms with Gasteiger partial charge in [0.05, 0.1) is 7.11 Å². The number of hydrogen-bond donors (Lipinski definition) is 3. The van der Waals surface area contributed by atoms with Crippen LogP contribution in [0.4, 0.5) is 9.18 Å². The number of aromatic nitrogens is 2. The van der Waals surface area contributed by atoms with Crippen LogP contribution in [-0.4, -0.2) is 80.9 Å². The number of methoxy groups -OCH3 is 1. The second kappa shape index (κ2) is 9.27. The van der Waals surface area contributed by atoms with Crippen molar-refractivity contribution in [3.63, 3.8) is 0 Å². The number of carboxylic acids is 1. The molecule has 10 heteroatoms. The van der Waals surface area contributed by atoms with Crippen molar-refractivity contribution in [3.8, 4) is 16.9 Å². The molecule has 3 aromatic rings. The molecule has 4 heterocycles. The first-order valence-electron chi connectivity index (χ1n) is 11.8. The van der Waals surface area contributed by atoms with Crippen molar-refractivity contribution in [2.75, 3.05) is 33.3 Å². The lowest BCUT2D eigenvalue weighted by atomic mass is 9.92. The summed E-state index contributed by atoms with van der Waals surface area (Å²) in [7, 11) is 1.55. The van der Waals surface area contributed by atoms with Crippen LogP contribution in [0.3, 0.4) is 0 Å². The summed E-state index contributed by atoms with van der Waals surface area (Å²) in [4.78, 5) is 35.3. The molecule has 9 nitrogen and oxygen atoms in total. The second-order valence-corrected chi connectivity index (χ2v) is 9.18. The van der Waals surface area contributed by atoms with Crippen molar-refractivity contribution in [2.45, 2.75) is 24.9 Å². The van der Waals surface area contributed by atoms with Gasteiger partial charge in [0.15, 0.2) is 5.60 Å². The van der Waals surface area contributed by atoms with Gasteiger partial charge in [-0.05, 0) is 47.9 Å². The van der Waals surface area contributed by atoms with Crippen LogP contribution in [0, 0.1) is 5.82 Å². The number of nitrogens with zero attached hydrogens (tertiary/aromatic N) is 3. The van der Waals surface area contributed by atoms with E-state index >= 15 is 0 Å². The molecule has 5 rings (SSSR count). The fourth-order valence-electron chi connectivity index (χ4n) is 4.89. The fraction of sp³-hybridized carbons (Fsp3) is 0.346. The lowest BCUT2D eigenvalue weighted by Gasteiger charge is -2.38. The molecule has 188 valence electrons. The van der Waals surface area contributed by atoms with Crippen molar-refractivity contribution >= 4 is 28.6 Å². The number of piperidine rings is 1. The van der Waals surface area contributed by atoms with E-state index in [0.717, 1.165) is 22.2 Å². The van der Waals surface area contributed by atoms with Crippen molar-refractivity contribution in [1.29, 1.82) is 0 Å². The van der Waals surface area contributed by atoms with Crippen LogP contribution in [0.2, 0.25) is 0 Å². The van der Waals surface area contributed by atoms with Gasteiger partial charge in [-0.3, -0.25) is 0 Å². The highest BCUT2D eigenvalue weighted by Gasteiger charge is 2.41. The molecule has 2 aromatic heterocycles. The number of aromatic amines is 1. The highest BCUT2D eigenvalue weighted by atomic mass is 19.1. The zero-order valence-electron chi connectivity index (χ0n) is 19.8. The van der Waals surface area contributed by atoms with E-state index in [1.54, 1.807) is 29.2 Å². The molecular formula is C26H27FN4O5. The van der Waals surface area contributed by atoms with Gasteiger partial charge < -0.3 is 29.7 Å². The summed E-state index contributed by atoms with van der Waals surface area (Å²) in [5.41, 5.74) is 2.29. The van der Waals surface area contributed by atoms with Crippen molar-refractivity contribution in [1.82, 2.24) is 19.8 Å². The summed E-state index contributed by atoms with van der Waals surface area (Å²) in [5, 5.41) is 20.1. The average molecular weight is 495 g/mol. The Morgan fingerprint density at radius 2 is 1.89 bits per heavy atom. The lowest BCUT2D eigenvalue weighted by molar-refractivity contribution is -0.162. The molecular weight excluding hydrogens is 467 g/mol. The van der Waals surface area contributed by atoms with Gasteiger partial charge in [0.2, 0.25) is 0 Å². The predicted molar refractivity (Wildman–Crippen MR) is 131 cm³/mol. The lowest BCUT2D eigenvalue weighted by Crippen LogP contribution is -2.54. The Morgan fingerprint density at radius 3 is 2.56 bits per heavy atom. The van der Waals surface area contributed by atoms with Gasteiger partial charge in [0, 0.05) is 61.9 Å². The monoisotopic (exact) mass is 494 g/mol. The number of nitrogens with one attached hydrogen (secondary N) is 1. The van der Waals surface area contributed by atoms with Gasteiger partial charge in [0.1, 0.15) is 17.2 Å². The number of amides is 2. The number of rotatable bonds is 4. The number of hydrogen-bond acceptors (Lipinski definition) is 5. The normalized spacial score (nSPS) is 17.7. The van der Waals surface area contributed by atoms with Crippen LogP contribution in [0.15, 0.2) is 42.6 Å². The Labute approximate surface area is 206 Å². The smallest absolute Gasteiger partial charge is 0.335 e. The number of aliphatic hydroxyl groups is 1. The summed E-state index contributed by atoms with van der Waals surface area (Å²) in [6.45, 7) is 1.34. The maximum Gasteiger partial charge on any atom is 0.335 e. The minimum Gasteiger partial charge on any atom is -0.496 e. The Hall–Kier alpha value is -3.92. The fourth-order valence-corrected chi connectivity index (χ4v) is 4.89. The molecule has 0 saturated carbocycles. The molecule has 1 fully saturated rings. The third-order valence-corrected chi connectivity index (χ3v) is 7.07. The molecule has 3 N–H and O–H groups in total. The maximum absolute atomic E-state index is 14.0. The van der Waals surface area contributed by atoms with Gasteiger partial charge in [-0.25, -0.2) is 19.0 Å². The zero-order chi connectivity index (χ0) is 25.4. The molecule has 2 amide bonds. The third-order valence-electron chi connectivity index (χ3n) is 7.07. The van der Waals surface area contributed by atoms with E-state index in [4.69, 9.17) is 4.74 Å². The topological polar surface area (TPSA) is 119 Å². The van der Waals surface area contributed by atoms with Crippen molar-refractivity contribution in [3.05, 3.63) is 54.1 Å². The second-order valence-electron chi connectivity index (χ2n) is 9.18. The van der Waals surface area contributed by atoms with Gasteiger partial charge in [-0.2, -0.15) is 0 Å². The van der Waals surface area contributed by atoms with Crippen LogP contribution in [0.25, 0.3) is 27.7 Å². The predicted octanol–water partition coefficient (Wildman–Crippen LogP) is 3.50. The van der Waals surface area contributed by atoms with Crippen molar-refractivity contribution < 1.29 is 28.9 Å². The molecule has 36 heavy (non-hydrogen) atoms. The van der Waals surface area contributed by atoms with Crippen LogP contribution in [0.5, 0.6) is 5.75 Å². The summed E-state index contributed by atoms with van der Waals surface area (Å²) < 4.78 is 19.5. The number of pyridine rings is 1. The van der Waals surface area contributed by atoms with E-state index in [0.29, 0.717) is 36.5 Å². The first-order valence-corrected chi connectivity index (χ1v) is 11.8. The van der Waals surface area contributed by atoms with E-state index in [9.17, 15) is 24.2 Å². The number of likely N-dealkylation sites (tertiary alicyclic amines) is 1. The SMILES string of the molecule is COc1ccc(F)cc1-c1ccnc2[nH]c(C3=CCN(C(=O)N4CCC(O)(C(=O)O)CC4)CC3)cc12. The number of aliphatic carboxylic acids is 1. The molecule has 0 atom stereocenters. The van der Waals surface area contributed by atoms with Gasteiger partial charge >= 0.3 is 12.0 Å². The number of carboxylic acid groups (broad SMARTS) is 1. The number of benzene rings is 1. The molecule has 2 aliphatic heterocycles. The standard InChI is InChI=1S/C26H27FN4O5/c1-36-22-3-2-17(27)14-19(22)18-4-9-28-23-20(18)15-21(29-23)16-5-10-30(11-6-16)25(34)31-12-7-26(35,8-13-31)24(32)33/h2-5,9,14-15,35H,6-8,10-13H2,1H3,(H,28,29)(H,32,33). The molecule has 1 saturated heterocycles. The zero-order valence-corrected chi connectivity index (χ0v) is 19.8. The Morgan fingerprint density at radius 1 is 1.11 bits per heavy atom.